The number of fused-ring (bicyclic) bond motifs is 1. The molecule has 5 nitrogen and oxygen atoms in total. The Hall–Kier alpha value is -2.04. The van der Waals surface area contributed by atoms with Crippen molar-refractivity contribution in [2.75, 3.05) is 0 Å². The van der Waals surface area contributed by atoms with Gasteiger partial charge in [0.1, 0.15) is 12.1 Å². The molecule has 2 rings (SSSR count). The minimum absolute atomic E-state index is 0.0156. The zero-order valence-electron chi connectivity index (χ0n) is 6.51. The van der Waals surface area contributed by atoms with Crippen LogP contribution in [0.25, 0.3) is 10.9 Å². The Kier molecular flexibility index (Phi) is 1.63. The van der Waals surface area contributed by atoms with Crippen molar-refractivity contribution in [2.24, 2.45) is 5.18 Å². The molecule has 1 aromatic carbocycles. The standard InChI is InChI=1S/C8H5N3O2/c12-7-2-1-6-5(8(7)11-13)3-9-4-10-6/h1-4,12H. The van der Waals surface area contributed by atoms with Gasteiger partial charge < -0.3 is 5.11 Å². The first-order valence-corrected chi connectivity index (χ1v) is 3.58. The molecular weight excluding hydrogens is 170 g/mol. The molecule has 64 valence electrons. The summed E-state index contributed by atoms with van der Waals surface area (Å²) < 4.78 is 0. The molecule has 0 aliphatic rings. The normalized spacial score (nSPS) is 10.2. The first kappa shape index (κ1) is 7.60. The van der Waals surface area contributed by atoms with Gasteiger partial charge in [-0.25, -0.2) is 9.97 Å². The van der Waals surface area contributed by atoms with Crippen molar-refractivity contribution in [3.05, 3.63) is 29.6 Å². The largest absolute Gasteiger partial charge is 0.506 e. The topological polar surface area (TPSA) is 75.4 Å². The van der Waals surface area contributed by atoms with E-state index in [2.05, 4.69) is 15.1 Å². The van der Waals surface area contributed by atoms with Gasteiger partial charge in [0.25, 0.3) is 0 Å². The average molecular weight is 175 g/mol. The zero-order chi connectivity index (χ0) is 9.26. The number of aromatic nitrogens is 2. The lowest BCUT2D eigenvalue weighted by Crippen LogP contribution is -1.81. The lowest BCUT2D eigenvalue weighted by atomic mass is 10.2. The van der Waals surface area contributed by atoms with Crippen molar-refractivity contribution in [1.82, 2.24) is 9.97 Å². The van der Waals surface area contributed by atoms with Crippen LogP contribution < -0.4 is 0 Å². The first-order valence-electron chi connectivity index (χ1n) is 3.58. The average Bonchev–Trinajstić information content (AvgIpc) is 2.18. The number of hydrogen-bond donors (Lipinski definition) is 1. The maximum atomic E-state index is 10.4. The van der Waals surface area contributed by atoms with Crippen molar-refractivity contribution in [1.29, 1.82) is 0 Å². The molecule has 0 aliphatic carbocycles. The first-order chi connectivity index (χ1) is 6.33. The van der Waals surface area contributed by atoms with E-state index in [0.717, 1.165) is 0 Å². The molecule has 1 aromatic heterocycles. The van der Waals surface area contributed by atoms with Gasteiger partial charge in [0.15, 0.2) is 5.69 Å². The van der Waals surface area contributed by atoms with Gasteiger partial charge in [-0.2, -0.15) is 0 Å². The fourth-order valence-electron chi connectivity index (χ4n) is 1.13. The molecule has 0 atom stereocenters. The fourth-order valence-corrected chi connectivity index (χ4v) is 1.13. The summed E-state index contributed by atoms with van der Waals surface area (Å²) in [6.07, 6.45) is 2.81. The fraction of sp³-hybridized carbons (Fsp3) is 0. The van der Waals surface area contributed by atoms with E-state index in [1.54, 1.807) is 6.07 Å². The van der Waals surface area contributed by atoms with Crippen LogP contribution in [0.3, 0.4) is 0 Å². The number of benzene rings is 1. The Balaban J connectivity index is 2.91. The third-order valence-corrected chi connectivity index (χ3v) is 1.73. The van der Waals surface area contributed by atoms with Crippen LogP contribution in [0.1, 0.15) is 0 Å². The van der Waals surface area contributed by atoms with Gasteiger partial charge in [0.2, 0.25) is 0 Å². The number of phenols is 1. The smallest absolute Gasteiger partial charge is 0.160 e. The molecule has 0 spiro atoms. The second kappa shape index (κ2) is 2.78. The number of nitroso groups, excluding NO2 is 1. The van der Waals surface area contributed by atoms with Crippen LogP contribution in [0.15, 0.2) is 29.8 Å². The number of phenolic OH excluding ortho intramolecular Hbond substituents is 1. The quantitative estimate of drug-likeness (QED) is 0.669. The summed E-state index contributed by atoms with van der Waals surface area (Å²) in [6, 6.07) is 2.98. The summed E-state index contributed by atoms with van der Waals surface area (Å²) in [4.78, 5) is 18.0. The van der Waals surface area contributed by atoms with Crippen LogP contribution in [0, 0.1) is 4.91 Å². The van der Waals surface area contributed by atoms with E-state index in [4.69, 9.17) is 0 Å². The van der Waals surface area contributed by atoms with Crippen LogP contribution in [0.5, 0.6) is 5.75 Å². The Bertz CT molecular complexity index is 470. The van der Waals surface area contributed by atoms with Gasteiger partial charge >= 0.3 is 0 Å². The Labute approximate surface area is 73.0 Å². The summed E-state index contributed by atoms with van der Waals surface area (Å²) in [6.45, 7) is 0. The summed E-state index contributed by atoms with van der Waals surface area (Å²) in [5.74, 6) is -0.155. The lowest BCUT2D eigenvalue weighted by Gasteiger charge is -1.99. The minimum atomic E-state index is -0.155. The number of rotatable bonds is 1. The summed E-state index contributed by atoms with van der Waals surface area (Å²) in [5.41, 5.74) is 0.570. The molecule has 0 saturated heterocycles. The Morgan fingerprint density at radius 3 is 3.00 bits per heavy atom. The van der Waals surface area contributed by atoms with Crippen LogP contribution in [-0.2, 0) is 0 Å². The monoisotopic (exact) mass is 175 g/mol. The maximum absolute atomic E-state index is 10.4. The van der Waals surface area contributed by atoms with Gasteiger partial charge in [0.05, 0.1) is 10.9 Å². The lowest BCUT2D eigenvalue weighted by molar-refractivity contribution is 0.477. The highest BCUT2D eigenvalue weighted by Gasteiger charge is 2.07. The highest BCUT2D eigenvalue weighted by molar-refractivity contribution is 5.91. The predicted octanol–water partition coefficient (Wildman–Crippen LogP) is 1.73. The van der Waals surface area contributed by atoms with E-state index in [1.807, 2.05) is 0 Å². The summed E-state index contributed by atoms with van der Waals surface area (Å²) in [7, 11) is 0. The van der Waals surface area contributed by atoms with Gasteiger partial charge in [0, 0.05) is 6.20 Å². The summed E-state index contributed by atoms with van der Waals surface area (Å²) in [5, 5.41) is 12.4. The van der Waals surface area contributed by atoms with E-state index in [1.165, 1.54) is 18.6 Å². The zero-order valence-corrected chi connectivity index (χ0v) is 6.51. The van der Waals surface area contributed by atoms with Crippen molar-refractivity contribution >= 4 is 16.6 Å². The molecule has 0 saturated carbocycles. The maximum Gasteiger partial charge on any atom is 0.160 e. The van der Waals surface area contributed by atoms with E-state index < -0.39 is 0 Å². The van der Waals surface area contributed by atoms with Crippen molar-refractivity contribution < 1.29 is 5.11 Å². The molecule has 0 bridgehead atoms. The van der Waals surface area contributed by atoms with Crippen LogP contribution in [0.2, 0.25) is 0 Å². The summed E-state index contributed by atoms with van der Waals surface area (Å²) >= 11 is 0. The second-order valence-corrected chi connectivity index (χ2v) is 2.48. The molecule has 1 N–H and O–H groups in total. The molecule has 0 amide bonds. The Morgan fingerprint density at radius 1 is 1.38 bits per heavy atom. The molecule has 0 aliphatic heterocycles. The number of hydrogen-bond acceptors (Lipinski definition) is 5. The van der Waals surface area contributed by atoms with E-state index in [9.17, 15) is 10.0 Å². The van der Waals surface area contributed by atoms with Crippen molar-refractivity contribution in [3.63, 3.8) is 0 Å². The second-order valence-electron chi connectivity index (χ2n) is 2.48. The molecule has 2 aromatic rings. The molecule has 5 heteroatoms. The van der Waals surface area contributed by atoms with Gasteiger partial charge in [-0.3, -0.25) is 0 Å². The highest BCUT2D eigenvalue weighted by atomic mass is 16.3. The third-order valence-electron chi connectivity index (χ3n) is 1.73. The van der Waals surface area contributed by atoms with Crippen LogP contribution in [-0.4, -0.2) is 15.1 Å². The third kappa shape index (κ3) is 1.10. The number of nitrogens with zero attached hydrogens (tertiary/aromatic N) is 3. The van der Waals surface area contributed by atoms with E-state index >= 15 is 0 Å². The SMILES string of the molecule is O=Nc1c(O)ccc2ncncc12. The van der Waals surface area contributed by atoms with Crippen molar-refractivity contribution in [2.45, 2.75) is 0 Å². The Morgan fingerprint density at radius 2 is 2.23 bits per heavy atom. The van der Waals surface area contributed by atoms with Crippen molar-refractivity contribution in [3.8, 4) is 5.75 Å². The number of aromatic hydroxyl groups is 1. The molecule has 0 radical (unpaired) electrons. The van der Waals surface area contributed by atoms with Crippen LogP contribution in [0.4, 0.5) is 5.69 Å². The van der Waals surface area contributed by atoms with E-state index in [-0.39, 0.29) is 11.4 Å². The molecule has 13 heavy (non-hydrogen) atoms. The van der Waals surface area contributed by atoms with Gasteiger partial charge in [-0.15, -0.1) is 4.91 Å². The molecule has 0 unspecified atom stereocenters. The van der Waals surface area contributed by atoms with Gasteiger partial charge in [-0.1, -0.05) is 0 Å². The van der Waals surface area contributed by atoms with Crippen LogP contribution >= 0.6 is 0 Å². The highest BCUT2D eigenvalue weighted by Crippen LogP contribution is 2.32. The minimum Gasteiger partial charge on any atom is -0.506 e. The van der Waals surface area contributed by atoms with E-state index in [0.29, 0.717) is 10.9 Å². The van der Waals surface area contributed by atoms with Gasteiger partial charge in [-0.05, 0) is 17.3 Å². The molecule has 0 fully saturated rings. The molecule has 1 heterocycles. The molecular formula is C8H5N3O2. The predicted molar refractivity (Wildman–Crippen MR) is 46.7 cm³/mol.